The van der Waals surface area contributed by atoms with E-state index in [4.69, 9.17) is 0 Å². The monoisotopic (exact) mass is 297 g/mol. The Morgan fingerprint density at radius 2 is 2.00 bits per heavy atom. The van der Waals surface area contributed by atoms with Gasteiger partial charge in [0.2, 0.25) is 5.91 Å². The highest BCUT2D eigenvalue weighted by Crippen LogP contribution is 2.19. The standard InChI is InChI=1S/C17H35N3O/c1-5-9-14(3)19-17(21)13-20-12-8-7-10-16(20)15(4)18-11-6-2/h14-16,18H,5-13H2,1-4H3,(H,19,21). The van der Waals surface area contributed by atoms with Gasteiger partial charge in [-0.1, -0.05) is 26.7 Å². The number of carbonyl (C=O) groups is 1. The number of amides is 1. The Bertz CT molecular complexity index is 296. The summed E-state index contributed by atoms with van der Waals surface area (Å²) in [5, 5.41) is 6.72. The van der Waals surface area contributed by atoms with Crippen molar-refractivity contribution in [2.75, 3.05) is 19.6 Å². The summed E-state index contributed by atoms with van der Waals surface area (Å²) in [7, 11) is 0. The van der Waals surface area contributed by atoms with Gasteiger partial charge in [0.15, 0.2) is 0 Å². The topological polar surface area (TPSA) is 44.4 Å². The zero-order chi connectivity index (χ0) is 15.7. The lowest BCUT2D eigenvalue weighted by molar-refractivity contribution is -0.124. The molecule has 1 saturated heterocycles. The van der Waals surface area contributed by atoms with Gasteiger partial charge in [0, 0.05) is 18.1 Å². The third-order valence-corrected chi connectivity index (χ3v) is 4.43. The minimum Gasteiger partial charge on any atom is -0.353 e. The Morgan fingerprint density at radius 1 is 1.24 bits per heavy atom. The predicted octanol–water partition coefficient (Wildman–Crippen LogP) is 2.53. The fourth-order valence-electron chi connectivity index (χ4n) is 3.30. The van der Waals surface area contributed by atoms with E-state index in [-0.39, 0.29) is 5.91 Å². The molecule has 4 nitrogen and oxygen atoms in total. The molecule has 0 radical (unpaired) electrons. The van der Waals surface area contributed by atoms with Crippen LogP contribution in [0.1, 0.15) is 66.2 Å². The number of likely N-dealkylation sites (tertiary alicyclic amines) is 1. The second kappa shape index (κ2) is 10.2. The third-order valence-electron chi connectivity index (χ3n) is 4.43. The van der Waals surface area contributed by atoms with Gasteiger partial charge in [0.25, 0.3) is 0 Å². The first-order chi connectivity index (χ1) is 10.1. The molecular formula is C17H35N3O. The SMILES string of the molecule is CCCNC(C)C1CCCCN1CC(=O)NC(C)CCC. The van der Waals surface area contributed by atoms with Crippen LogP contribution < -0.4 is 10.6 Å². The lowest BCUT2D eigenvalue weighted by Crippen LogP contribution is -2.54. The average Bonchev–Trinajstić information content (AvgIpc) is 2.45. The van der Waals surface area contributed by atoms with Gasteiger partial charge in [-0.25, -0.2) is 0 Å². The number of hydrogen-bond donors (Lipinski definition) is 2. The maximum absolute atomic E-state index is 12.2. The molecule has 4 heteroatoms. The van der Waals surface area contributed by atoms with Crippen LogP contribution in [0.5, 0.6) is 0 Å². The Labute approximate surface area is 131 Å². The number of carbonyl (C=O) groups excluding carboxylic acids is 1. The minimum atomic E-state index is 0.186. The fraction of sp³-hybridized carbons (Fsp3) is 0.941. The van der Waals surface area contributed by atoms with Crippen molar-refractivity contribution in [2.24, 2.45) is 0 Å². The molecule has 0 aromatic rings. The summed E-state index contributed by atoms with van der Waals surface area (Å²) in [6, 6.07) is 1.25. The Morgan fingerprint density at radius 3 is 2.67 bits per heavy atom. The van der Waals surface area contributed by atoms with Crippen molar-refractivity contribution in [2.45, 2.75) is 84.3 Å². The minimum absolute atomic E-state index is 0.186. The van der Waals surface area contributed by atoms with Crippen molar-refractivity contribution in [1.82, 2.24) is 15.5 Å². The van der Waals surface area contributed by atoms with Crippen molar-refractivity contribution >= 4 is 5.91 Å². The van der Waals surface area contributed by atoms with E-state index in [1.54, 1.807) is 0 Å². The van der Waals surface area contributed by atoms with Gasteiger partial charge < -0.3 is 10.6 Å². The van der Waals surface area contributed by atoms with Crippen molar-refractivity contribution in [3.8, 4) is 0 Å². The molecule has 0 saturated carbocycles. The summed E-state index contributed by atoms with van der Waals surface area (Å²) in [4.78, 5) is 14.6. The summed E-state index contributed by atoms with van der Waals surface area (Å²) < 4.78 is 0. The maximum atomic E-state index is 12.2. The molecule has 0 aromatic heterocycles. The molecular weight excluding hydrogens is 262 g/mol. The first-order valence-corrected chi connectivity index (χ1v) is 8.85. The Balaban J connectivity index is 2.46. The molecule has 2 N–H and O–H groups in total. The first-order valence-electron chi connectivity index (χ1n) is 8.85. The smallest absolute Gasteiger partial charge is 0.234 e. The Kier molecular flexibility index (Phi) is 8.93. The van der Waals surface area contributed by atoms with E-state index in [0.717, 1.165) is 32.4 Å². The van der Waals surface area contributed by atoms with Gasteiger partial charge in [0.05, 0.1) is 6.54 Å². The zero-order valence-corrected chi connectivity index (χ0v) is 14.5. The molecule has 21 heavy (non-hydrogen) atoms. The van der Waals surface area contributed by atoms with Crippen LogP contribution in [0, 0.1) is 0 Å². The molecule has 0 aliphatic carbocycles. The number of nitrogens with one attached hydrogen (secondary N) is 2. The fourth-order valence-corrected chi connectivity index (χ4v) is 3.30. The van der Waals surface area contributed by atoms with Crippen LogP contribution in [0.4, 0.5) is 0 Å². The summed E-state index contributed by atoms with van der Waals surface area (Å²) in [5.74, 6) is 0.186. The van der Waals surface area contributed by atoms with E-state index in [1.165, 1.54) is 19.3 Å². The van der Waals surface area contributed by atoms with Crippen LogP contribution in [0.15, 0.2) is 0 Å². The van der Waals surface area contributed by atoms with E-state index in [0.29, 0.717) is 24.7 Å². The van der Waals surface area contributed by atoms with Crippen molar-refractivity contribution in [3.05, 3.63) is 0 Å². The maximum Gasteiger partial charge on any atom is 0.234 e. The first kappa shape index (κ1) is 18.4. The average molecular weight is 297 g/mol. The molecule has 1 rings (SSSR count). The van der Waals surface area contributed by atoms with Gasteiger partial charge in [-0.2, -0.15) is 0 Å². The van der Waals surface area contributed by atoms with E-state index in [9.17, 15) is 4.79 Å². The molecule has 0 bridgehead atoms. The lowest BCUT2D eigenvalue weighted by Gasteiger charge is -2.39. The largest absolute Gasteiger partial charge is 0.353 e. The molecule has 0 aromatic carbocycles. The predicted molar refractivity (Wildman–Crippen MR) is 89.5 cm³/mol. The second-order valence-electron chi connectivity index (χ2n) is 6.53. The molecule has 3 atom stereocenters. The Hall–Kier alpha value is -0.610. The molecule has 0 spiro atoms. The third kappa shape index (κ3) is 6.79. The second-order valence-corrected chi connectivity index (χ2v) is 6.53. The van der Waals surface area contributed by atoms with Gasteiger partial charge >= 0.3 is 0 Å². The highest BCUT2D eigenvalue weighted by atomic mass is 16.2. The number of rotatable bonds is 9. The van der Waals surface area contributed by atoms with Crippen LogP contribution in [0.2, 0.25) is 0 Å². The van der Waals surface area contributed by atoms with Gasteiger partial charge in [-0.3, -0.25) is 9.69 Å². The molecule has 1 heterocycles. The van der Waals surface area contributed by atoms with Crippen LogP contribution in [0.25, 0.3) is 0 Å². The van der Waals surface area contributed by atoms with E-state index < -0.39 is 0 Å². The van der Waals surface area contributed by atoms with Crippen molar-refractivity contribution in [3.63, 3.8) is 0 Å². The summed E-state index contributed by atoms with van der Waals surface area (Å²) in [6.45, 7) is 11.4. The molecule has 1 aliphatic heterocycles. The molecule has 1 fully saturated rings. The van der Waals surface area contributed by atoms with Crippen LogP contribution >= 0.6 is 0 Å². The number of hydrogen-bond acceptors (Lipinski definition) is 3. The van der Waals surface area contributed by atoms with E-state index in [2.05, 4.69) is 43.2 Å². The normalized spacial score (nSPS) is 22.8. The van der Waals surface area contributed by atoms with E-state index in [1.807, 2.05) is 0 Å². The lowest BCUT2D eigenvalue weighted by atomic mass is 9.96. The van der Waals surface area contributed by atoms with Crippen LogP contribution in [0.3, 0.4) is 0 Å². The van der Waals surface area contributed by atoms with Crippen LogP contribution in [-0.2, 0) is 4.79 Å². The van der Waals surface area contributed by atoms with E-state index >= 15 is 0 Å². The van der Waals surface area contributed by atoms with Gasteiger partial charge in [0.1, 0.15) is 0 Å². The van der Waals surface area contributed by atoms with Gasteiger partial charge in [-0.15, -0.1) is 0 Å². The van der Waals surface area contributed by atoms with Crippen molar-refractivity contribution in [1.29, 1.82) is 0 Å². The summed E-state index contributed by atoms with van der Waals surface area (Å²) in [6.07, 6.45) is 7.04. The highest BCUT2D eigenvalue weighted by Gasteiger charge is 2.28. The summed E-state index contributed by atoms with van der Waals surface area (Å²) >= 11 is 0. The molecule has 1 aliphatic rings. The molecule has 124 valence electrons. The molecule has 1 amide bonds. The van der Waals surface area contributed by atoms with Crippen LogP contribution in [-0.4, -0.2) is 48.6 Å². The number of nitrogens with zero attached hydrogens (tertiary/aromatic N) is 1. The van der Waals surface area contributed by atoms with Gasteiger partial charge in [-0.05, 0) is 52.6 Å². The van der Waals surface area contributed by atoms with Crippen molar-refractivity contribution < 1.29 is 4.79 Å². The summed E-state index contributed by atoms with van der Waals surface area (Å²) in [5.41, 5.74) is 0. The molecule has 3 unspecified atom stereocenters. The highest BCUT2D eigenvalue weighted by molar-refractivity contribution is 5.78. The zero-order valence-electron chi connectivity index (χ0n) is 14.5. The number of piperidine rings is 1. The quantitative estimate of drug-likeness (QED) is 0.687.